The van der Waals surface area contributed by atoms with Gasteiger partial charge in [0.1, 0.15) is 0 Å². The van der Waals surface area contributed by atoms with Crippen molar-refractivity contribution < 1.29 is 4.21 Å². The van der Waals surface area contributed by atoms with Crippen LogP contribution in [0, 0.1) is 0 Å². The van der Waals surface area contributed by atoms with Crippen LogP contribution >= 0.6 is 0 Å². The van der Waals surface area contributed by atoms with Crippen molar-refractivity contribution in [2.24, 2.45) is 0 Å². The minimum Gasteiger partial charge on any atom is -0.312 e. The Morgan fingerprint density at radius 2 is 1.76 bits per heavy atom. The highest BCUT2D eigenvalue weighted by molar-refractivity contribution is 7.86. The highest BCUT2D eigenvalue weighted by Gasteiger charge is 2.38. The van der Waals surface area contributed by atoms with Crippen molar-refractivity contribution >= 4 is 10.8 Å². The molecule has 2 aliphatic carbocycles. The van der Waals surface area contributed by atoms with E-state index in [-0.39, 0.29) is 11.3 Å². The first-order valence-electron chi connectivity index (χ1n) is 8.38. The van der Waals surface area contributed by atoms with E-state index >= 15 is 0 Å². The third-order valence-corrected chi connectivity index (χ3v) is 7.50. The van der Waals surface area contributed by atoms with E-state index in [2.05, 4.69) is 36.5 Å². The summed E-state index contributed by atoms with van der Waals surface area (Å²) in [6, 6.07) is 8.95. The van der Waals surface area contributed by atoms with Crippen LogP contribution in [0.5, 0.6) is 0 Å². The summed E-state index contributed by atoms with van der Waals surface area (Å²) in [6.45, 7) is 2.29. The maximum Gasteiger partial charge on any atom is 0.0551 e. The van der Waals surface area contributed by atoms with E-state index in [0.29, 0.717) is 11.2 Å². The molecule has 1 aromatic rings. The summed E-state index contributed by atoms with van der Waals surface area (Å²) >= 11 is 0. The van der Waals surface area contributed by atoms with Crippen molar-refractivity contribution in [3.8, 4) is 0 Å². The molecule has 1 fully saturated rings. The van der Waals surface area contributed by atoms with Gasteiger partial charge in [-0.3, -0.25) is 4.21 Å². The minimum absolute atomic E-state index is 0.250. The maximum atomic E-state index is 13.1. The van der Waals surface area contributed by atoms with Crippen molar-refractivity contribution in [1.82, 2.24) is 5.32 Å². The van der Waals surface area contributed by atoms with Crippen LogP contribution in [-0.4, -0.2) is 21.8 Å². The van der Waals surface area contributed by atoms with E-state index in [1.807, 2.05) is 7.05 Å². The Hall–Kier alpha value is -0.670. The second-order valence-corrected chi connectivity index (χ2v) is 8.59. The van der Waals surface area contributed by atoms with Gasteiger partial charge < -0.3 is 5.32 Å². The van der Waals surface area contributed by atoms with Gasteiger partial charge in [-0.25, -0.2) is 0 Å². The lowest BCUT2D eigenvalue weighted by molar-refractivity contribution is 0.448. The van der Waals surface area contributed by atoms with Crippen LogP contribution in [0.15, 0.2) is 24.3 Å². The fraction of sp³-hybridized carbons (Fsp3) is 0.667. The summed E-state index contributed by atoms with van der Waals surface area (Å²) in [5.74, 6) is 0.517. The molecular formula is C18H27NOS. The zero-order valence-electron chi connectivity index (χ0n) is 13.2. The second-order valence-electron chi connectivity index (χ2n) is 6.66. The highest BCUT2D eigenvalue weighted by atomic mass is 32.2. The monoisotopic (exact) mass is 305 g/mol. The molecule has 1 N–H and O–H groups in total. The predicted octanol–water partition coefficient (Wildman–Crippen LogP) is 3.90. The molecule has 3 heteroatoms. The minimum atomic E-state index is -0.713. The average molecular weight is 305 g/mol. The van der Waals surface area contributed by atoms with Gasteiger partial charge in [0.2, 0.25) is 0 Å². The summed E-state index contributed by atoms with van der Waals surface area (Å²) in [6.07, 6.45) is 7.23. The van der Waals surface area contributed by atoms with Gasteiger partial charge in [-0.05, 0) is 43.4 Å². The Balaban J connectivity index is 1.87. The van der Waals surface area contributed by atoms with Gasteiger partial charge in [0.15, 0.2) is 0 Å². The van der Waals surface area contributed by atoms with E-state index in [1.54, 1.807) is 0 Å². The molecule has 116 valence electrons. The number of fused-ring (bicyclic) bond motifs is 1. The molecule has 0 bridgehead atoms. The molecule has 4 atom stereocenters. The van der Waals surface area contributed by atoms with Gasteiger partial charge >= 0.3 is 0 Å². The lowest BCUT2D eigenvalue weighted by Gasteiger charge is -2.38. The zero-order chi connectivity index (χ0) is 14.8. The van der Waals surface area contributed by atoms with Crippen molar-refractivity contribution in [3.05, 3.63) is 35.4 Å². The van der Waals surface area contributed by atoms with Gasteiger partial charge in [0, 0.05) is 22.1 Å². The van der Waals surface area contributed by atoms with Crippen LogP contribution in [0.1, 0.15) is 68.5 Å². The average Bonchev–Trinajstić information content (AvgIpc) is 2.55. The Kier molecular flexibility index (Phi) is 4.80. The number of benzene rings is 1. The van der Waals surface area contributed by atoms with Crippen molar-refractivity contribution in [2.45, 2.75) is 67.9 Å². The van der Waals surface area contributed by atoms with Crippen molar-refractivity contribution in [1.29, 1.82) is 0 Å². The summed E-state index contributed by atoms with van der Waals surface area (Å²) in [5.41, 5.74) is 2.81. The summed E-state index contributed by atoms with van der Waals surface area (Å²) in [7, 11) is 1.30. The highest BCUT2D eigenvalue weighted by Crippen LogP contribution is 2.41. The Morgan fingerprint density at radius 3 is 2.43 bits per heavy atom. The molecule has 0 heterocycles. The smallest absolute Gasteiger partial charge is 0.0551 e. The van der Waals surface area contributed by atoms with Crippen LogP contribution in [0.25, 0.3) is 0 Å². The number of nitrogens with one attached hydrogen (secondary N) is 1. The van der Waals surface area contributed by atoms with Crippen molar-refractivity contribution in [2.75, 3.05) is 7.05 Å². The summed E-state index contributed by atoms with van der Waals surface area (Å²) < 4.78 is 13.1. The van der Waals surface area contributed by atoms with Gasteiger partial charge in [0.25, 0.3) is 0 Å². The van der Waals surface area contributed by atoms with Gasteiger partial charge in [-0.15, -0.1) is 0 Å². The standard InChI is InChI=1S/C18H27NOS/c1-13-12-17(21(20)14-8-4-3-5-9-14)18(19-2)16-11-7-6-10-15(13)16/h6-7,10-11,13-14,17-19H,3-5,8-9,12H2,1-2H3. The molecule has 0 aliphatic heterocycles. The lowest BCUT2D eigenvalue weighted by Crippen LogP contribution is -2.41. The first-order chi connectivity index (χ1) is 10.2. The molecular weight excluding hydrogens is 278 g/mol. The van der Waals surface area contributed by atoms with Crippen LogP contribution in [0.4, 0.5) is 0 Å². The molecule has 0 spiro atoms. The molecule has 0 saturated heterocycles. The summed E-state index contributed by atoms with van der Waals surface area (Å²) in [5, 5.41) is 4.15. The SMILES string of the molecule is CNC1c2ccccc2C(C)CC1S(=O)C1CCCCC1. The van der Waals surface area contributed by atoms with E-state index in [0.717, 1.165) is 19.3 Å². The second kappa shape index (κ2) is 6.62. The van der Waals surface area contributed by atoms with Crippen LogP contribution < -0.4 is 5.32 Å². The number of hydrogen-bond donors (Lipinski definition) is 1. The van der Waals surface area contributed by atoms with Gasteiger partial charge in [-0.2, -0.15) is 0 Å². The van der Waals surface area contributed by atoms with Crippen LogP contribution in [0.3, 0.4) is 0 Å². The molecule has 1 aromatic carbocycles. The van der Waals surface area contributed by atoms with E-state index in [1.165, 1.54) is 30.4 Å². The Bertz CT molecular complexity index is 510. The molecule has 0 radical (unpaired) electrons. The maximum absolute atomic E-state index is 13.1. The molecule has 21 heavy (non-hydrogen) atoms. The third-order valence-electron chi connectivity index (χ3n) is 5.31. The fourth-order valence-electron chi connectivity index (χ4n) is 4.17. The lowest BCUT2D eigenvalue weighted by atomic mass is 9.81. The van der Waals surface area contributed by atoms with E-state index in [4.69, 9.17) is 0 Å². The molecule has 0 aromatic heterocycles. The van der Waals surface area contributed by atoms with Crippen molar-refractivity contribution in [3.63, 3.8) is 0 Å². The van der Waals surface area contributed by atoms with E-state index in [9.17, 15) is 4.21 Å². The molecule has 3 rings (SSSR count). The van der Waals surface area contributed by atoms with Crippen LogP contribution in [-0.2, 0) is 10.8 Å². The van der Waals surface area contributed by atoms with Gasteiger partial charge in [0.05, 0.1) is 5.25 Å². The zero-order valence-corrected chi connectivity index (χ0v) is 14.0. The van der Waals surface area contributed by atoms with E-state index < -0.39 is 10.8 Å². The van der Waals surface area contributed by atoms with Gasteiger partial charge in [-0.1, -0.05) is 50.5 Å². The molecule has 0 amide bonds. The predicted molar refractivity (Wildman–Crippen MR) is 90.1 cm³/mol. The fourth-order valence-corrected chi connectivity index (χ4v) is 6.49. The van der Waals surface area contributed by atoms with Crippen LogP contribution in [0.2, 0.25) is 0 Å². The normalized spacial score (nSPS) is 31.6. The Labute approximate surface area is 131 Å². The number of hydrogen-bond acceptors (Lipinski definition) is 2. The first-order valence-corrected chi connectivity index (χ1v) is 9.65. The molecule has 4 unspecified atom stereocenters. The quantitative estimate of drug-likeness (QED) is 0.917. The molecule has 1 saturated carbocycles. The first kappa shape index (κ1) is 15.2. The summed E-state index contributed by atoms with van der Waals surface area (Å²) in [4.78, 5) is 0. The molecule has 2 nitrogen and oxygen atoms in total. The third kappa shape index (κ3) is 2.95. The topological polar surface area (TPSA) is 29.1 Å². The largest absolute Gasteiger partial charge is 0.312 e. The Morgan fingerprint density at radius 1 is 1.10 bits per heavy atom. The molecule has 2 aliphatic rings. The number of rotatable bonds is 3.